The summed E-state index contributed by atoms with van der Waals surface area (Å²) in [6.07, 6.45) is 1.75. The van der Waals surface area contributed by atoms with Crippen molar-refractivity contribution in [3.05, 3.63) is 71.8 Å². The minimum atomic E-state index is -0.392. The van der Waals surface area contributed by atoms with Gasteiger partial charge in [-0.2, -0.15) is 0 Å². The molecule has 0 aliphatic carbocycles. The molecule has 1 aromatic carbocycles. The van der Waals surface area contributed by atoms with Gasteiger partial charge in [-0.25, -0.2) is 9.98 Å². The van der Waals surface area contributed by atoms with Crippen LogP contribution in [0.25, 0.3) is 0 Å². The summed E-state index contributed by atoms with van der Waals surface area (Å²) in [5, 5.41) is 10.9. The Balaban J connectivity index is 1.51. The third-order valence-corrected chi connectivity index (χ3v) is 6.41. The first-order valence-corrected chi connectivity index (χ1v) is 12.6. The first-order chi connectivity index (χ1) is 18.0. The summed E-state index contributed by atoms with van der Waals surface area (Å²) < 4.78 is 5.79. The Labute approximate surface area is 222 Å². The van der Waals surface area contributed by atoms with Crippen molar-refractivity contribution in [1.82, 2.24) is 9.88 Å². The van der Waals surface area contributed by atoms with Crippen LogP contribution in [0.15, 0.2) is 69.1 Å². The molecule has 3 heterocycles. The van der Waals surface area contributed by atoms with Gasteiger partial charge in [0.2, 0.25) is 0 Å². The predicted octanol–water partition coefficient (Wildman–Crippen LogP) is 3.78. The Bertz CT molecular complexity index is 1330. The van der Waals surface area contributed by atoms with Gasteiger partial charge in [0.05, 0.1) is 5.56 Å². The SMILES string of the molecule is Cc1ccc([C@H](N=C(N)C(N)=Nc2cccc(C(=O)N3CCN(c4ccccn4)CC3)c2O)C(C)(C)C)o1. The van der Waals surface area contributed by atoms with Crippen molar-refractivity contribution in [2.45, 2.75) is 33.7 Å². The summed E-state index contributed by atoms with van der Waals surface area (Å²) in [5.41, 5.74) is 12.4. The quantitative estimate of drug-likeness (QED) is 0.345. The average molecular weight is 518 g/mol. The van der Waals surface area contributed by atoms with Crippen LogP contribution in [0, 0.1) is 12.3 Å². The molecule has 200 valence electrons. The number of aromatic hydroxyl groups is 1. The van der Waals surface area contributed by atoms with Crippen LogP contribution in [0.5, 0.6) is 5.75 Å². The zero-order valence-corrected chi connectivity index (χ0v) is 22.3. The van der Waals surface area contributed by atoms with Gasteiger partial charge < -0.3 is 30.8 Å². The number of phenolic OH excluding ortho intramolecular Hbond substituents is 1. The molecule has 38 heavy (non-hydrogen) atoms. The number of piperazine rings is 1. The van der Waals surface area contributed by atoms with E-state index >= 15 is 0 Å². The maximum Gasteiger partial charge on any atom is 0.257 e. The summed E-state index contributed by atoms with van der Waals surface area (Å²) in [5.74, 6) is 1.74. The van der Waals surface area contributed by atoms with E-state index in [0.29, 0.717) is 31.9 Å². The number of phenols is 1. The number of benzene rings is 1. The zero-order valence-electron chi connectivity index (χ0n) is 22.3. The van der Waals surface area contributed by atoms with E-state index in [9.17, 15) is 9.90 Å². The normalized spacial score (nSPS) is 16.0. The topological polar surface area (TPSA) is 147 Å². The van der Waals surface area contributed by atoms with Crippen molar-refractivity contribution < 1.29 is 14.3 Å². The van der Waals surface area contributed by atoms with Crippen molar-refractivity contribution in [1.29, 1.82) is 0 Å². The number of amides is 1. The number of para-hydroxylation sites is 1. The van der Waals surface area contributed by atoms with Crippen molar-refractivity contribution >= 4 is 29.1 Å². The third-order valence-electron chi connectivity index (χ3n) is 6.41. The number of amidine groups is 2. The molecule has 1 atom stereocenters. The van der Waals surface area contributed by atoms with E-state index in [1.165, 1.54) is 0 Å². The maximum absolute atomic E-state index is 13.2. The number of aryl methyl sites for hydroxylation is 1. The first kappa shape index (κ1) is 26.7. The monoisotopic (exact) mass is 517 g/mol. The number of hydrogen-bond acceptors (Lipinski definition) is 7. The number of pyridine rings is 1. The van der Waals surface area contributed by atoms with E-state index in [0.717, 1.165) is 11.6 Å². The number of aliphatic imine (C=N–C) groups is 2. The molecular weight excluding hydrogens is 482 g/mol. The largest absolute Gasteiger partial charge is 0.505 e. The number of rotatable bonds is 5. The summed E-state index contributed by atoms with van der Waals surface area (Å²) >= 11 is 0. The molecule has 1 saturated heterocycles. The maximum atomic E-state index is 13.2. The van der Waals surface area contributed by atoms with Crippen molar-refractivity contribution in [2.75, 3.05) is 31.1 Å². The first-order valence-electron chi connectivity index (χ1n) is 12.6. The molecular formula is C28H35N7O3. The van der Waals surface area contributed by atoms with Gasteiger partial charge in [0.15, 0.2) is 17.4 Å². The molecule has 1 amide bonds. The second-order valence-electron chi connectivity index (χ2n) is 10.4. The van der Waals surface area contributed by atoms with E-state index in [4.69, 9.17) is 15.9 Å². The van der Waals surface area contributed by atoms with E-state index in [2.05, 4.69) is 19.9 Å². The number of nitrogens with zero attached hydrogens (tertiary/aromatic N) is 5. The fourth-order valence-electron chi connectivity index (χ4n) is 4.32. The van der Waals surface area contributed by atoms with Gasteiger partial charge in [0.25, 0.3) is 5.91 Å². The molecule has 3 aromatic rings. The second kappa shape index (κ2) is 11.0. The lowest BCUT2D eigenvalue weighted by Gasteiger charge is -2.35. The van der Waals surface area contributed by atoms with Gasteiger partial charge in [-0.05, 0) is 48.7 Å². The van der Waals surface area contributed by atoms with E-state index in [1.807, 2.05) is 58.0 Å². The Hall–Kier alpha value is -4.34. The summed E-state index contributed by atoms with van der Waals surface area (Å²) in [7, 11) is 0. The lowest BCUT2D eigenvalue weighted by Crippen LogP contribution is -2.49. The fourth-order valence-corrected chi connectivity index (χ4v) is 4.32. The molecule has 10 nitrogen and oxygen atoms in total. The summed E-state index contributed by atoms with van der Waals surface area (Å²) in [4.78, 5) is 30.4. The van der Waals surface area contributed by atoms with Crippen molar-refractivity contribution in [2.24, 2.45) is 26.9 Å². The van der Waals surface area contributed by atoms with E-state index < -0.39 is 6.04 Å². The molecule has 10 heteroatoms. The van der Waals surface area contributed by atoms with Gasteiger partial charge in [-0.1, -0.05) is 32.9 Å². The fraction of sp³-hybridized carbons (Fsp3) is 0.357. The molecule has 0 spiro atoms. The molecule has 1 fully saturated rings. The van der Waals surface area contributed by atoms with Gasteiger partial charge in [0.1, 0.15) is 29.1 Å². The van der Waals surface area contributed by atoms with Crippen LogP contribution in [-0.2, 0) is 0 Å². The minimum absolute atomic E-state index is 0.0146. The van der Waals surface area contributed by atoms with Crippen LogP contribution in [0.1, 0.15) is 48.7 Å². The van der Waals surface area contributed by atoms with Crippen LogP contribution < -0.4 is 16.4 Å². The van der Waals surface area contributed by atoms with Crippen molar-refractivity contribution in [3.8, 4) is 5.75 Å². The minimum Gasteiger partial charge on any atom is -0.505 e. The van der Waals surface area contributed by atoms with Gasteiger partial charge in [0, 0.05) is 32.4 Å². The van der Waals surface area contributed by atoms with Crippen LogP contribution in [-0.4, -0.2) is 58.7 Å². The average Bonchev–Trinajstić information content (AvgIpc) is 3.33. The third kappa shape index (κ3) is 5.96. The van der Waals surface area contributed by atoms with Gasteiger partial charge in [-0.15, -0.1) is 0 Å². The highest BCUT2D eigenvalue weighted by Gasteiger charge is 2.29. The lowest BCUT2D eigenvalue weighted by atomic mass is 9.85. The molecule has 0 unspecified atom stereocenters. The van der Waals surface area contributed by atoms with Crippen LogP contribution in [0.2, 0.25) is 0 Å². The molecule has 5 N–H and O–H groups in total. The molecule has 1 aliphatic rings. The van der Waals surface area contributed by atoms with Crippen LogP contribution >= 0.6 is 0 Å². The van der Waals surface area contributed by atoms with Gasteiger partial charge in [-0.3, -0.25) is 9.79 Å². The Morgan fingerprint density at radius 3 is 2.37 bits per heavy atom. The Kier molecular flexibility index (Phi) is 7.70. The Morgan fingerprint density at radius 2 is 1.76 bits per heavy atom. The number of nitrogens with two attached hydrogens (primary N) is 2. The van der Waals surface area contributed by atoms with Gasteiger partial charge >= 0.3 is 0 Å². The van der Waals surface area contributed by atoms with Crippen LogP contribution in [0.3, 0.4) is 0 Å². The summed E-state index contributed by atoms with van der Waals surface area (Å²) in [6.45, 7) is 10.2. The highest BCUT2D eigenvalue weighted by atomic mass is 16.3. The number of hydrogen-bond donors (Lipinski definition) is 3. The lowest BCUT2D eigenvalue weighted by molar-refractivity contribution is 0.0743. The predicted molar refractivity (Wildman–Crippen MR) is 149 cm³/mol. The Morgan fingerprint density at radius 1 is 1.03 bits per heavy atom. The molecule has 1 aliphatic heterocycles. The molecule has 0 bridgehead atoms. The van der Waals surface area contributed by atoms with E-state index in [1.54, 1.807) is 29.3 Å². The highest BCUT2D eigenvalue weighted by Crippen LogP contribution is 2.37. The number of carbonyl (C=O) groups excluding carboxylic acids is 1. The molecule has 0 saturated carbocycles. The number of furan rings is 1. The highest BCUT2D eigenvalue weighted by molar-refractivity contribution is 6.39. The molecule has 0 radical (unpaired) electrons. The summed E-state index contributed by atoms with van der Waals surface area (Å²) in [6, 6.07) is 13.9. The number of carbonyl (C=O) groups is 1. The molecule has 4 rings (SSSR count). The zero-order chi connectivity index (χ0) is 27.4. The molecule has 2 aromatic heterocycles. The van der Waals surface area contributed by atoms with Crippen molar-refractivity contribution in [3.63, 3.8) is 0 Å². The van der Waals surface area contributed by atoms with E-state index in [-0.39, 0.29) is 40.0 Å². The second-order valence-corrected chi connectivity index (χ2v) is 10.4. The van der Waals surface area contributed by atoms with Crippen LogP contribution in [0.4, 0.5) is 11.5 Å². The smallest absolute Gasteiger partial charge is 0.257 e. The number of anilines is 1. The number of aromatic nitrogens is 1. The standard InChI is InChI=1S/C28H35N7O3/c1-18-11-12-21(38-18)24(28(2,3)4)33-26(30)25(29)32-20-9-7-8-19(23(20)36)27(37)35-16-14-34(15-17-35)22-10-5-6-13-31-22/h5-13,24,36H,14-17H2,1-4H3,(H2,29,32)(H2,30,33)/t24-/m0/s1.